The summed E-state index contributed by atoms with van der Waals surface area (Å²) in [5.41, 5.74) is 1.43. The maximum atomic E-state index is 12.5. The normalized spacial score (nSPS) is 11.6. The highest BCUT2D eigenvalue weighted by Crippen LogP contribution is 2.29. The third-order valence-electron chi connectivity index (χ3n) is 3.86. The first-order valence-corrected chi connectivity index (χ1v) is 9.48. The predicted octanol–water partition coefficient (Wildman–Crippen LogP) is 5.39. The summed E-state index contributed by atoms with van der Waals surface area (Å²) in [6.45, 7) is 4.34. The van der Waals surface area contributed by atoms with E-state index in [1.54, 1.807) is 30.3 Å². The molecule has 0 radical (unpaired) electrons. The highest BCUT2D eigenvalue weighted by molar-refractivity contribution is 6.44. The van der Waals surface area contributed by atoms with Gasteiger partial charge in [0.1, 0.15) is 0 Å². The van der Waals surface area contributed by atoms with Crippen LogP contribution in [0, 0.1) is 0 Å². The Morgan fingerprint density at radius 1 is 1.07 bits per heavy atom. The van der Waals surface area contributed by atoms with E-state index >= 15 is 0 Å². The van der Waals surface area contributed by atoms with Gasteiger partial charge in [-0.25, -0.2) is 4.79 Å². The molecule has 2 rings (SSSR count). The van der Waals surface area contributed by atoms with Crippen molar-refractivity contribution in [2.24, 2.45) is 0 Å². The second-order valence-corrected chi connectivity index (χ2v) is 6.75. The Morgan fingerprint density at radius 3 is 2.52 bits per heavy atom. The third-order valence-corrected chi connectivity index (χ3v) is 4.67. The fourth-order valence-corrected chi connectivity index (χ4v) is 2.68. The maximum absolute atomic E-state index is 12.5. The number of benzene rings is 2. The number of hydrogen-bond acceptors (Lipinski definition) is 4. The van der Waals surface area contributed by atoms with Crippen molar-refractivity contribution in [1.82, 2.24) is 0 Å². The topological polar surface area (TPSA) is 67.4 Å². The largest absolute Gasteiger partial charge is 0.449 e. The summed E-state index contributed by atoms with van der Waals surface area (Å²) in [5.74, 6) is -1.07. The second-order valence-electron chi connectivity index (χ2n) is 5.96. The molecule has 27 heavy (non-hydrogen) atoms. The van der Waals surface area contributed by atoms with E-state index in [4.69, 9.17) is 27.9 Å². The molecule has 0 bridgehead atoms. The lowest BCUT2D eigenvalue weighted by atomic mass is 10.1. The quantitative estimate of drug-likeness (QED) is 0.453. The number of esters is 1. The van der Waals surface area contributed by atoms with E-state index in [2.05, 4.69) is 17.6 Å². The van der Waals surface area contributed by atoms with Crippen molar-refractivity contribution in [1.29, 1.82) is 0 Å². The Bertz CT molecular complexity index is 812. The van der Waals surface area contributed by atoms with E-state index in [-0.39, 0.29) is 5.02 Å². The molecule has 0 aliphatic rings. The van der Waals surface area contributed by atoms with Gasteiger partial charge in [-0.2, -0.15) is 0 Å². The highest BCUT2D eigenvalue weighted by atomic mass is 35.5. The number of ether oxygens (including phenoxy) is 1. The van der Waals surface area contributed by atoms with Gasteiger partial charge in [-0.15, -0.1) is 0 Å². The number of anilines is 2. The van der Waals surface area contributed by atoms with Gasteiger partial charge >= 0.3 is 5.97 Å². The average molecular weight is 409 g/mol. The zero-order valence-corrected chi connectivity index (χ0v) is 16.7. The van der Waals surface area contributed by atoms with E-state index in [1.807, 2.05) is 12.1 Å². The average Bonchev–Trinajstić information content (AvgIpc) is 2.66. The minimum absolute atomic E-state index is 0.233. The summed E-state index contributed by atoms with van der Waals surface area (Å²) in [4.78, 5) is 24.8. The van der Waals surface area contributed by atoms with Crippen LogP contribution in [0.4, 0.5) is 11.4 Å². The molecule has 2 aromatic rings. The van der Waals surface area contributed by atoms with Gasteiger partial charge in [-0.1, -0.05) is 54.7 Å². The Morgan fingerprint density at radius 2 is 1.78 bits per heavy atom. The lowest BCUT2D eigenvalue weighted by molar-refractivity contribution is -0.123. The lowest BCUT2D eigenvalue weighted by Gasteiger charge is -2.16. The number of halogens is 2. The molecule has 0 spiro atoms. The van der Waals surface area contributed by atoms with Crippen LogP contribution in [-0.2, 0) is 9.53 Å². The number of rotatable bonds is 8. The van der Waals surface area contributed by atoms with Crippen molar-refractivity contribution < 1.29 is 14.3 Å². The van der Waals surface area contributed by atoms with Crippen molar-refractivity contribution >= 4 is 46.5 Å². The third kappa shape index (κ3) is 5.88. The Balaban J connectivity index is 2.02. The summed E-state index contributed by atoms with van der Waals surface area (Å²) in [5, 5.41) is 6.39. The number of carbonyl (C=O) groups is 2. The second kappa shape index (κ2) is 10.2. The van der Waals surface area contributed by atoms with Crippen LogP contribution in [0.1, 0.15) is 37.0 Å². The molecule has 0 heterocycles. The van der Waals surface area contributed by atoms with Crippen molar-refractivity contribution in [3.63, 3.8) is 0 Å². The molecule has 1 atom stereocenters. The first kappa shape index (κ1) is 21.1. The van der Waals surface area contributed by atoms with Gasteiger partial charge in [-0.05, 0) is 37.6 Å². The van der Waals surface area contributed by atoms with E-state index in [0.29, 0.717) is 22.0 Å². The van der Waals surface area contributed by atoms with Gasteiger partial charge in [-0.3, -0.25) is 4.79 Å². The number of nitrogens with one attached hydrogen (secondary N) is 2. The SMILES string of the molecule is CCCCNc1ccccc1C(=O)OC(C)C(=O)Nc1cccc(Cl)c1Cl. The van der Waals surface area contributed by atoms with Gasteiger partial charge in [0.15, 0.2) is 6.10 Å². The first-order valence-electron chi connectivity index (χ1n) is 8.72. The zero-order chi connectivity index (χ0) is 19.8. The molecule has 1 unspecified atom stereocenters. The summed E-state index contributed by atoms with van der Waals surface area (Å²) in [6, 6.07) is 12.0. The Hall–Kier alpha value is -2.24. The fourth-order valence-electron chi connectivity index (χ4n) is 2.33. The number of carbonyl (C=O) groups excluding carboxylic acids is 2. The molecular weight excluding hydrogens is 387 g/mol. The van der Waals surface area contributed by atoms with Gasteiger partial charge in [0.25, 0.3) is 5.91 Å². The monoisotopic (exact) mass is 408 g/mol. The maximum Gasteiger partial charge on any atom is 0.341 e. The van der Waals surface area contributed by atoms with E-state index in [0.717, 1.165) is 19.4 Å². The van der Waals surface area contributed by atoms with Gasteiger partial charge in [0, 0.05) is 12.2 Å². The number of hydrogen-bond donors (Lipinski definition) is 2. The molecule has 0 saturated heterocycles. The van der Waals surface area contributed by atoms with Gasteiger partial charge < -0.3 is 15.4 Å². The molecule has 2 N–H and O–H groups in total. The van der Waals surface area contributed by atoms with E-state index in [9.17, 15) is 9.59 Å². The van der Waals surface area contributed by atoms with Crippen LogP contribution in [0.2, 0.25) is 10.0 Å². The minimum atomic E-state index is -1.00. The molecule has 1 amide bonds. The number of amides is 1. The first-order chi connectivity index (χ1) is 12.9. The van der Waals surface area contributed by atoms with Crippen LogP contribution in [0.5, 0.6) is 0 Å². The molecule has 0 fully saturated rings. The molecule has 0 aliphatic heterocycles. The van der Waals surface area contributed by atoms with Crippen molar-refractivity contribution in [2.45, 2.75) is 32.8 Å². The molecule has 0 saturated carbocycles. The van der Waals surface area contributed by atoms with Crippen molar-refractivity contribution in [3.8, 4) is 0 Å². The molecule has 5 nitrogen and oxygen atoms in total. The van der Waals surface area contributed by atoms with Crippen LogP contribution in [-0.4, -0.2) is 24.5 Å². The summed E-state index contributed by atoms with van der Waals surface area (Å²) < 4.78 is 5.32. The van der Waals surface area contributed by atoms with E-state index in [1.165, 1.54) is 6.92 Å². The van der Waals surface area contributed by atoms with Crippen LogP contribution >= 0.6 is 23.2 Å². The standard InChI is InChI=1S/C20H22Cl2N2O3/c1-3-4-12-23-16-10-6-5-8-14(16)20(26)27-13(2)19(25)24-17-11-7-9-15(21)18(17)22/h5-11,13,23H,3-4,12H2,1-2H3,(H,24,25). The lowest BCUT2D eigenvalue weighted by Crippen LogP contribution is -2.30. The van der Waals surface area contributed by atoms with Crippen molar-refractivity contribution in [3.05, 3.63) is 58.1 Å². The van der Waals surface area contributed by atoms with Crippen LogP contribution < -0.4 is 10.6 Å². The minimum Gasteiger partial charge on any atom is -0.449 e. The van der Waals surface area contributed by atoms with Crippen LogP contribution in [0.25, 0.3) is 0 Å². The summed E-state index contributed by atoms with van der Waals surface area (Å²) in [7, 11) is 0. The molecule has 0 aromatic heterocycles. The van der Waals surface area contributed by atoms with E-state index < -0.39 is 18.0 Å². The fraction of sp³-hybridized carbons (Fsp3) is 0.300. The zero-order valence-electron chi connectivity index (χ0n) is 15.2. The predicted molar refractivity (Wildman–Crippen MR) is 110 cm³/mol. The summed E-state index contributed by atoms with van der Waals surface area (Å²) >= 11 is 12.0. The molecule has 0 aliphatic carbocycles. The molecule has 7 heteroatoms. The number of para-hydroxylation sites is 1. The Labute approximate surface area is 169 Å². The molecule has 144 valence electrons. The van der Waals surface area contributed by atoms with Crippen molar-refractivity contribution in [2.75, 3.05) is 17.2 Å². The van der Waals surface area contributed by atoms with Crippen LogP contribution in [0.3, 0.4) is 0 Å². The van der Waals surface area contributed by atoms with Gasteiger partial charge in [0.05, 0.1) is 21.3 Å². The summed E-state index contributed by atoms with van der Waals surface area (Å²) in [6.07, 6.45) is 1.03. The molecule has 2 aromatic carbocycles. The molecular formula is C20H22Cl2N2O3. The highest BCUT2D eigenvalue weighted by Gasteiger charge is 2.21. The smallest absolute Gasteiger partial charge is 0.341 e. The number of unbranched alkanes of at least 4 members (excludes halogenated alkanes) is 1. The Kier molecular flexibility index (Phi) is 7.95. The van der Waals surface area contributed by atoms with Crippen LogP contribution in [0.15, 0.2) is 42.5 Å². The van der Waals surface area contributed by atoms with Gasteiger partial charge in [0.2, 0.25) is 0 Å².